The van der Waals surface area contributed by atoms with Crippen LogP contribution in [0.5, 0.6) is 0 Å². The van der Waals surface area contributed by atoms with E-state index in [0.29, 0.717) is 0 Å². The van der Waals surface area contributed by atoms with E-state index in [2.05, 4.69) is 27.9 Å². The number of para-hydroxylation sites is 1. The number of rotatable bonds is 6. The second-order valence-corrected chi connectivity index (χ2v) is 6.11. The van der Waals surface area contributed by atoms with E-state index in [1.54, 1.807) is 11.8 Å². The second-order valence-electron chi connectivity index (χ2n) is 4.95. The zero-order valence-electron chi connectivity index (χ0n) is 11.2. The third kappa shape index (κ3) is 3.92. The molecular weight excluding hydrogens is 371 g/mol. The SMILES string of the molecule is CC(C(=O)O)N(CC(=O)Nc1ccccc1I)C1CC1. The monoisotopic (exact) mass is 388 g/mol. The number of nitrogens with one attached hydrogen (secondary N) is 1. The van der Waals surface area contributed by atoms with Gasteiger partial charge in [-0.3, -0.25) is 14.5 Å². The molecule has 1 saturated carbocycles. The molecule has 0 radical (unpaired) electrons. The number of anilines is 1. The van der Waals surface area contributed by atoms with E-state index in [9.17, 15) is 9.59 Å². The van der Waals surface area contributed by atoms with Crippen LogP contribution in [0.2, 0.25) is 0 Å². The first kappa shape index (κ1) is 15.2. The van der Waals surface area contributed by atoms with Gasteiger partial charge in [0.2, 0.25) is 5.91 Å². The summed E-state index contributed by atoms with van der Waals surface area (Å²) in [5, 5.41) is 11.9. The Bertz CT molecular complexity index is 517. The van der Waals surface area contributed by atoms with Crippen LogP contribution < -0.4 is 5.32 Å². The molecule has 108 valence electrons. The van der Waals surface area contributed by atoms with Crippen LogP contribution in [0.15, 0.2) is 24.3 Å². The highest BCUT2D eigenvalue weighted by atomic mass is 127. The molecule has 0 aromatic heterocycles. The van der Waals surface area contributed by atoms with E-state index in [1.807, 2.05) is 24.3 Å². The van der Waals surface area contributed by atoms with Crippen molar-refractivity contribution < 1.29 is 14.7 Å². The first-order chi connectivity index (χ1) is 9.49. The molecule has 1 unspecified atom stereocenters. The number of benzene rings is 1. The predicted octanol–water partition coefficient (Wildman–Crippen LogP) is 2.17. The molecule has 2 N–H and O–H groups in total. The molecule has 1 fully saturated rings. The van der Waals surface area contributed by atoms with E-state index >= 15 is 0 Å². The fraction of sp³-hybridized carbons (Fsp3) is 0.429. The molecule has 20 heavy (non-hydrogen) atoms. The van der Waals surface area contributed by atoms with E-state index in [1.165, 1.54) is 0 Å². The van der Waals surface area contributed by atoms with Crippen molar-refractivity contribution in [3.63, 3.8) is 0 Å². The van der Waals surface area contributed by atoms with Crippen molar-refractivity contribution in [1.29, 1.82) is 0 Å². The van der Waals surface area contributed by atoms with Crippen LogP contribution in [0, 0.1) is 3.57 Å². The lowest BCUT2D eigenvalue weighted by Gasteiger charge is -2.25. The summed E-state index contributed by atoms with van der Waals surface area (Å²) in [4.78, 5) is 24.9. The highest BCUT2D eigenvalue weighted by molar-refractivity contribution is 14.1. The summed E-state index contributed by atoms with van der Waals surface area (Å²) < 4.78 is 0.961. The van der Waals surface area contributed by atoms with Gasteiger partial charge in [0.25, 0.3) is 0 Å². The number of carbonyl (C=O) groups is 2. The number of hydrogen-bond acceptors (Lipinski definition) is 3. The summed E-state index contributed by atoms with van der Waals surface area (Å²) in [6.45, 7) is 1.74. The van der Waals surface area contributed by atoms with Gasteiger partial charge in [-0.2, -0.15) is 0 Å². The Morgan fingerprint density at radius 1 is 1.45 bits per heavy atom. The quantitative estimate of drug-likeness (QED) is 0.733. The van der Waals surface area contributed by atoms with Gasteiger partial charge in [-0.25, -0.2) is 0 Å². The van der Waals surface area contributed by atoms with Crippen molar-refractivity contribution in [2.75, 3.05) is 11.9 Å². The van der Waals surface area contributed by atoms with Gasteiger partial charge in [0.15, 0.2) is 0 Å². The van der Waals surface area contributed by atoms with Crippen molar-refractivity contribution in [3.05, 3.63) is 27.8 Å². The second kappa shape index (κ2) is 6.53. The first-order valence-electron chi connectivity index (χ1n) is 6.52. The van der Waals surface area contributed by atoms with Crippen LogP contribution in [0.3, 0.4) is 0 Å². The van der Waals surface area contributed by atoms with Crippen LogP contribution in [-0.2, 0) is 9.59 Å². The van der Waals surface area contributed by atoms with Gasteiger partial charge in [0, 0.05) is 9.61 Å². The average molecular weight is 388 g/mol. The maximum Gasteiger partial charge on any atom is 0.320 e. The number of amides is 1. The maximum absolute atomic E-state index is 12.1. The number of carboxylic acid groups (broad SMARTS) is 1. The minimum absolute atomic E-state index is 0.114. The summed E-state index contributed by atoms with van der Waals surface area (Å²) in [5.41, 5.74) is 0.761. The fourth-order valence-electron chi connectivity index (χ4n) is 2.05. The molecule has 0 spiro atoms. The summed E-state index contributed by atoms with van der Waals surface area (Å²) in [5.74, 6) is -1.06. The number of carboxylic acids is 1. The lowest BCUT2D eigenvalue weighted by atomic mass is 10.2. The third-order valence-electron chi connectivity index (χ3n) is 3.34. The van der Waals surface area contributed by atoms with E-state index in [0.717, 1.165) is 22.1 Å². The standard InChI is InChI=1S/C14H17IN2O3/c1-9(14(19)20)17(10-6-7-10)8-13(18)16-12-5-3-2-4-11(12)15/h2-5,9-10H,6-8H2,1H3,(H,16,18)(H,19,20). The molecule has 1 amide bonds. The summed E-state index contributed by atoms with van der Waals surface area (Å²) in [6, 6.07) is 7.09. The minimum atomic E-state index is -0.890. The highest BCUT2D eigenvalue weighted by Crippen LogP contribution is 2.28. The van der Waals surface area contributed by atoms with Crippen LogP contribution >= 0.6 is 22.6 Å². The van der Waals surface area contributed by atoms with Crippen LogP contribution in [0.1, 0.15) is 19.8 Å². The number of halogens is 1. The van der Waals surface area contributed by atoms with Crippen LogP contribution in [0.25, 0.3) is 0 Å². The molecule has 0 aliphatic heterocycles. The van der Waals surface area contributed by atoms with Crippen molar-refractivity contribution in [1.82, 2.24) is 4.90 Å². The third-order valence-corrected chi connectivity index (χ3v) is 4.29. The van der Waals surface area contributed by atoms with Crippen molar-refractivity contribution in [2.45, 2.75) is 31.8 Å². The van der Waals surface area contributed by atoms with Crippen LogP contribution in [0.4, 0.5) is 5.69 Å². The average Bonchev–Trinajstić information content (AvgIpc) is 3.22. The zero-order valence-corrected chi connectivity index (χ0v) is 13.3. The Morgan fingerprint density at radius 2 is 2.10 bits per heavy atom. The molecule has 1 aromatic carbocycles. The number of aliphatic carboxylic acids is 1. The predicted molar refractivity (Wildman–Crippen MR) is 84.6 cm³/mol. The van der Waals surface area contributed by atoms with Crippen LogP contribution in [-0.4, -0.2) is 40.5 Å². The van der Waals surface area contributed by atoms with Gasteiger partial charge in [-0.15, -0.1) is 0 Å². The molecule has 0 bridgehead atoms. The summed E-state index contributed by atoms with van der Waals surface area (Å²) >= 11 is 2.15. The maximum atomic E-state index is 12.1. The first-order valence-corrected chi connectivity index (χ1v) is 7.60. The van der Waals surface area contributed by atoms with Gasteiger partial charge in [-0.1, -0.05) is 12.1 Å². The lowest BCUT2D eigenvalue weighted by molar-refractivity contribution is -0.143. The molecule has 6 heteroatoms. The fourth-order valence-corrected chi connectivity index (χ4v) is 2.57. The molecule has 5 nitrogen and oxygen atoms in total. The normalized spacial score (nSPS) is 15.9. The Morgan fingerprint density at radius 3 is 2.65 bits per heavy atom. The van der Waals surface area contributed by atoms with Crippen molar-refractivity contribution in [3.8, 4) is 0 Å². The van der Waals surface area contributed by atoms with Gasteiger partial charge >= 0.3 is 5.97 Å². The molecule has 1 aromatic rings. The Labute approximate surface area is 131 Å². The van der Waals surface area contributed by atoms with Crippen molar-refractivity contribution in [2.24, 2.45) is 0 Å². The molecular formula is C14H17IN2O3. The zero-order chi connectivity index (χ0) is 14.7. The summed E-state index contributed by atoms with van der Waals surface area (Å²) in [7, 11) is 0. The van der Waals surface area contributed by atoms with Gasteiger partial charge < -0.3 is 10.4 Å². The molecule has 0 saturated heterocycles. The van der Waals surface area contributed by atoms with Gasteiger partial charge in [0.05, 0.1) is 12.2 Å². The number of hydrogen-bond donors (Lipinski definition) is 2. The van der Waals surface area contributed by atoms with Gasteiger partial charge in [-0.05, 0) is 54.5 Å². The summed E-state index contributed by atoms with van der Waals surface area (Å²) in [6.07, 6.45) is 1.93. The van der Waals surface area contributed by atoms with Crippen molar-refractivity contribution >= 4 is 40.2 Å². The number of carbonyl (C=O) groups excluding carboxylic acids is 1. The minimum Gasteiger partial charge on any atom is -0.480 e. The molecule has 1 aliphatic carbocycles. The topological polar surface area (TPSA) is 69.6 Å². The molecule has 2 rings (SSSR count). The van der Waals surface area contributed by atoms with E-state index in [4.69, 9.17) is 5.11 Å². The smallest absolute Gasteiger partial charge is 0.320 e. The highest BCUT2D eigenvalue weighted by Gasteiger charge is 2.36. The molecule has 0 heterocycles. The molecule has 1 atom stereocenters. The molecule has 1 aliphatic rings. The Kier molecular flexibility index (Phi) is 4.98. The largest absolute Gasteiger partial charge is 0.480 e. The van der Waals surface area contributed by atoms with E-state index < -0.39 is 12.0 Å². The lowest BCUT2D eigenvalue weighted by Crippen LogP contribution is -2.44. The number of nitrogens with zero attached hydrogens (tertiary/aromatic N) is 1. The Balaban J connectivity index is 1.99. The van der Waals surface area contributed by atoms with Gasteiger partial charge in [0.1, 0.15) is 6.04 Å². The van der Waals surface area contributed by atoms with E-state index in [-0.39, 0.29) is 18.5 Å². The Hall–Kier alpha value is -1.15.